The second-order valence-corrected chi connectivity index (χ2v) is 9.44. The highest BCUT2D eigenvalue weighted by atomic mass is 19.1. The second-order valence-electron chi connectivity index (χ2n) is 9.44. The average Bonchev–Trinajstić information content (AvgIpc) is 3.17. The number of fused-ring (bicyclic) bond motifs is 1. The number of morpholine rings is 1. The minimum absolute atomic E-state index is 0.0710. The summed E-state index contributed by atoms with van der Waals surface area (Å²) < 4.78 is 33.8. The minimum atomic E-state index is -0.558. The van der Waals surface area contributed by atoms with E-state index in [1.165, 1.54) is 11.6 Å². The van der Waals surface area contributed by atoms with Crippen molar-refractivity contribution in [1.82, 2.24) is 14.7 Å². The summed E-state index contributed by atoms with van der Waals surface area (Å²) >= 11 is 0. The summed E-state index contributed by atoms with van der Waals surface area (Å²) in [5.74, 6) is -0.862. The molecule has 3 aliphatic heterocycles. The summed E-state index contributed by atoms with van der Waals surface area (Å²) in [6, 6.07) is 14.5. The van der Waals surface area contributed by atoms with E-state index in [-0.39, 0.29) is 23.8 Å². The molecule has 0 saturated carbocycles. The Hall–Kier alpha value is -2.35. The minimum Gasteiger partial charge on any atom is -0.379 e. The fourth-order valence-electron chi connectivity index (χ4n) is 5.75. The van der Waals surface area contributed by atoms with Crippen molar-refractivity contribution in [3.8, 4) is 0 Å². The standard InChI is InChI=1S/C26H31F2N3O2/c27-20-6-7-21(24(28)14-20)22-16-31(15-19-4-2-1-3-5-19)25-8-9-30(17-23(22)25)26(32)18-29-10-12-33-13-11-29/h1-7,14,22-23,25H,8-13,15-18H2/t22-,23-,25-/m1/s1. The molecule has 0 aliphatic carbocycles. The van der Waals surface area contributed by atoms with Gasteiger partial charge in [0.1, 0.15) is 11.6 Å². The van der Waals surface area contributed by atoms with Gasteiger partial charge in [0.2, 0.25) is 5.91 Å². The quantitative estimate of drug-likeness (QED) is 0.694. The van der Waals surface area contributed by atoms with Crippen molar-refractivity contribution in [2.75, 3.05) is 52.5 Å². The van der Waals surface area contributed by atoms with Crippen LogP contribution in [0.4, 0.5) is 8.78 Å². The van der Waals surface area contributed by atoms with Crippen molar-refractivity contribution in [3.05, 3.63) is 71.3 Å². The van der Waals surface area contributed by atoms with Crippen LogP contribution in [0.25, 0.3) is 0 Å². The molecule has 3 aliphatic rings. The average molecular weight is 456 g/mol. The number of halogens is 2. The van der Waals surface area contributed by atoms with Gasteiger partial charge >= 0.3 is 0 Å². The Morgan fingerprint density at radius 2 is 1.79 bits per heavy atom. The van der Waals surface area contributed by atoms with E-state index in [2.05, 4.69) is 21.9 Å². The normalized spacial score (nSPS) is 26.4. The summed E-state index contributed by atoms with van der Waals surface area (Å²) in [5, 5.41) is 0. The molecule has 2 aromatic carbocycles. The van der Waals surface area contributed by atoms with Gasteiger partial charge in [0.25, 0.3) is 0 Å². The lowest BCUT2D eigenvalue weighted by Crippen LogP contribution is -2.51. The zero-order valence-electron chi connectivity index (χ0n) is 18.8. The first-order valence-corrected chi connectivity index (χ1v) is 11.9. The summed E-state index contributed by atoms with van der Waals surface area (Å²) in [6.45, 7) is 6.12. The number of ether oxygens (including phenoxy) is 1. The molecule has 3 atom stereocenters. The van der Waals surface area contributed by atoms with Gasteiger partial charge in [0.15, 0.2) is 0 Å². The Labute approximate surface area is 193 Å². The molecule has 3 heterocycles. The molecule has 3 fully saturated rings. The third-order valence-corrected chi connectivity index (χ3v) is 7.44. The van der Waals surface area contributed by atoms with Crippen molar-refractivity contribution in [2.45, 2.75) is 24.9 Å². The number of piperidine rings is 1. The number of carbonyl (C=O) groups excluding carboxylic acids is 1. The van der Waals surface area contributed by atoms with Crippen molar-refractivity contribution >= 4 is 5.91 Å². The Balaban J connectivity index is 1.35. The number of rotatable bonds is 5. The van der Waals surface area contributed by atoms with Crippen molar-refractivity contribution < 1.29 is 18.3 Å². The zero-order chi connectivity index (χ0) is 22.8. The number of hydrogen-bond acceptors (Lipinski definition) is 4. The molecule has 3 saturated heterocycles. The molecule has 0 N–H and O–H groups in total. The van der Waals surface area contributed by atoms with Gasteiger partial charge < -0.3 is 9.64 Å². The molecule has 176 valence electrons. The van der Waals surface area contributed by atoms with Crippen LogP contribution >= 0.6 is 0 Å². The first-order chi connectivity index (χ1) is 16.1. The van der Waals surface area contributed by atoms with E-state index in [0.29, 0.717) is 45.0 Å². The number of benzene rings is 2. The molecule has 5 rings (SSSR count). The van der Waals surface area contributed by atoms with Crippen molar-refractivity contribution in [1.29, 1.82) is 0 Å². The lowest BCUT2D eigenvalue weighted by atomic mass is 9.81. The first kappa shape index (κ1) is 22.4. The van der Waals surface area contributed by atoms with Crippen molar-refractivity contribution in [3.63, 3.8) is 0 Å². The van der Waals surface area contributed by atoms with Gasteiger partial charge in [-0.15, -0.1) is 0 Å². The van der Waals surface area contributed by atoms with Gasteiger partial charge in [-0.05, 0) is 23.6 Å². The van der Waals surface area contributed by atoms with Gasteiger partial charge in [-0.25, -0.2) is 8.78 Å². The molecule has 7 heteroatoms. The van der Waals surface area contributed by atoms with Crippen LogP contribution in [0.1, 0.15) is 23.5 Å². The fraction of sp³-hybridized carbons (Fsp3) is 0.500. The molecule has 0 bridgehead atoms. The number of likely N-dealkylation sites (tertiary alicyclic amines) is 2. The second kappa shape index (κ2) is 9.87. The Bertz CT molecular complexity index is 967. The topological polar surface area (TPSA) is 36.0 Å². The summed E-state index contributed by atoms with van der Waals surface area (Å²) in [7, 11) is 0. The van der Waals surface area contributed by atoms with Crippen LogP contribution in [0, 0.1) is 17.6 Å². The molecule has 0 unspecified atom stereocenters. The van der Waals surface area contributed by atoms with E-state index in [1.54, 1.807) is 6.07 Å². The van der Waals surface area contributed by atoms with Gasteiger partial charge in [-0.2, -0.15) is 0 Å². The van der Waals surface area contributed by atoms with Crippen LogP contribution in [0.15, 0.2) is 48.5 Å². The number of nitrogens with zero attached hydrogens (tertiary/aromatic N) is 3. The maximum atomic E-state index is 14.8. The van der Waals surface area contributed by atoms with Crippen LogP contribution in [-0.4, -0.2) is 79.1 Å². The highest BCUT2D eigenvalue weighted by Gasteiger charge is 2.46. The highest BCUT2D eigenvalue weighted by Crippen LogP contribution is 2.43. The van der Waals surface area contributed by atoms with Crippen LogP contribution in [0.3, 0.4) is 0 Å². The van der Waals surface area contributed by atoms with E-state index in [4.69, 9.17) is 4.74 Å². The maximum absolute atomic E-state index is 14.8. The monoisotopic (exact) mass is 455 g/mol. The van der Waals surface area contributed by atoms with E-state index >= 15 is 0 Å². The van der Waals surface area contributed by atoms with Crippen molar-refractivity contribution in [2.24, 2.45) is 5.92 Å². The first-order valence-electron chi connectivity index (χ1n) is 11.9. The maximum Gasteiger partial charge on any atom is 0.236 e. The van der Waals surface area contributed by atoms with Crippen LogP contribution < -0.4 is 0 Å². The summed E-state index contributed by atoms with van der Waals surface area (Å²) in [6.07, 6.45) is 0.867. The molecule has 1 amide bonds. The van der Waals surface area contributed by atoms with Crippen LogP contribution in [-0.2, 0) is 16.1 Å². The summed E-state index contributed by atoms with van der Waals surface area (Å²) in [4.78, 5) is 19.6. The smallest absolute Gasteiger partial charge is 0.236 e. The molecular weight excluding hydrogens is 424 g/mol. The highest BCUT2D eigenvalue weighted by molar-refractivity contribution is 5.78. The predicted molar refractivity (Wildman–Crippen MR) is 122 cm³/mol. The number of hydrogen-bond donors (Lipinski definition) is 0. The van der Waals surface area contributed by atoms with Gasteiger partial charge in [0.05, 0.1) is 19.8 Å². The number of amides is 1. The molecule has 5 nitrogen and oxygen atoms in total. The Kier molecular flexibility index (Phi) is 6.71. The van der Waals surface area contributed by atoms with E-state index in [9.17, 15) is 13.6 Å². The fourth-order valence-corrected chi connectivity index (χ4v) is 5.75. The molecular formula is C26H31F2N3O2. The molecule has 0 radical (unpaired) electrons. The lowest BCUT2D eigenvalue weighted by Gasteiger charge is -2.40. The Morgan fingerprint density at radius 3 is 2.55 bits per heavy atom. The van der Waals surface area contributed by atoms with E-state index < -0.39 is 11.6 Å². The zero-order valence-corrected chi connectivity index (χ0v) is 18.8. The third-order valence-electron chi connectivity index (χ3n) is 7.44. The largest absolute Gasteiger partial charge is 0.379 e. The Morgan fingerprint density at radius 1 is 1.00 bits per heavy atom. The van der Waals surface area contributed by atoms with Gasteiger partial charge in [-0.1, -0.05) is 36.4 Å². The lowest BCUT2D eigenvalue weighted by molar-refractivity contribution is -0.135. The third kappa shape index (κ3) is 4.95. The SMILES string of the molecule is O=C(CN1CCOCC1)N1CC[C@@H]2[C@H](C1)[C@@H](c1ccc(F)cc1F)CN2Cc1ccccc1. The predicted octanol–water partition coefficient (Wildman–Crippen LogP) is 3.11. The molecule has 0 aromatic heterocycles. The number of carbonyl (C=O) groups is 1. The van der Waals surface area contributed by atoms with Crippen LogP contribution in [0.2, 0.25) is 0 Å². The summed E-state index contributed by atoms with van der Waals surface area (Å²) in [5.41, 5.74) is 1.78. The van der Waals surface area contributed by atoms with E-state index in [1.807, 2.05) is 23.1 Å². The van der Waals surface area contributed by atoms with E-state index in [0.717, 1.165) is 32.1 Å². The molecule has 2 aromatic rings. The molecule has 0 spiro atoms. The molecule has 33 heavy (non-hydrogen) atoms. The van der Waals surface area contributed by atoms with Crippen LogP contribution in [0.5, 0.6) is 0 Å². The van der Waals surface area contributed by atoms with Gasteiger partial charge in [0, 0.05) is 63.2 Å². The van der Waals surface area contributed by atoms with Gasteiger partial charge in [-0.3, -0.25) is 14.6 Å².